The molecule has 27 heavy (non-hydrogen) atoms. The minimum absolute atomic E-state index is 0.574. The zero-order valence-corrected chi connectivity index (χ0v) is 19.0. The zero-order chi connectivity index (χ0) is 19.4. The van der Waals surface area contributed by atoms with Crippen molar-refractivity contribution in [3.8, 4) is 5.75 Å². The fourth-order valence-corrected chi connectivity index (χ4v) is 4.41. The first-order chi connectivity index (χ1) is 13.0. The van der Waals surface area contributed by atoms with E-state index in [-0.39, 0.29) is 0 Å². The molecule has 0 aliphatic heterocycles. The Hall–Kier alpha value is -1.55. The van der Waals surface area contributed by atoms with E-state index < -0.39 is 0 Å². The number of rotatable bonds is 2. The molecule has 0 fully saturated rings. The lowest BCUT2D eigenvalue weighted by molar-refractivity contribution is 0.413. The molecule has 4 heteroatoms. The average Bonchev–Trinajstić information content (AvgIpc) is 2.69. The molecule has 0 heterocycles. The van der Waals surface area contributed by atoms with Crippen LogP contribution in [0.2, 0.25) is 0 Å². The first-order valence-corrected chi connectivity index (χ1v) is 10.6. The molecule has 0 bridgehead atoms. The highest BCUT2D eigenvalue weighted by Gasteiger charge is 2.04. The Labute approximate surface area is 181 Å². The Balaban J connectivity index is 0.000000156. The van der Waals surface area contributed by atoms with Gasteiger partial charge in [-0.1, -0.05) is 64.5 Å². The highest BCUT2D eigenvalue weighted by atomic mass is 79.9. The van der Waals surface area contributed by atoms with Gasteiger partial charge in [-0.2, -0.15) is 0 Å². The van der Waals surface area contributed by atoms with E-state index in [0.29, 0.717) is 5.88 Å². The van der Waals surface area contributed by atoms with Crippen LogP contribution < -0.4 is 4.74 Å². The van der Waals surface area contributed by atoms with Gasteiger partial charge in [0, 0.05) is 10.4 Å². The van der Waals surface area contributed by atoms with E-state index in [9.17, 15) is 0 Å². The molecule has 0 radical (unpaired) electrons. The van der Waals surface area contributed by atoms with Gasteiger partial charge in [-0.3, -0.25) is 0 Å². The second-order valence-corrected chi connectivity index (χ2v) is 8.14. The van der Waals surface area contributed by atoms with Crippen molar-refractivity contribution in [1.82, 2.24) is 0 Å². The quantitative estimate of drug-likeness (QED) is 0.249. The Morgan fingerprint density at radius 1 is 0.852 bits per heavy atom. The molecule has 4 rings (SSSR count). The number of hydrogen-bond acceptors (Lipinski definition) is 1. The lowest BCUT2D eigenvalue weighted by Crippen LogP contribution is -1.87. The molecule has 0 saturated carbocycles. The Kier molecular flexibility index (Phi) is 6.80. The number of hydrogen-bond donors (Lipinski definition) is 0. The molecule has 0 unspecified atom stereocenters. The van der Waals surface area contributed by atoms with Gasteiger partial charge in [-0.05, 0) is 73.7 Å². The molecule has 0 saturated heterocycles. The largest absolute Gasteiger partial charge is 0.496 e. The van der Waals surface area contributed by atoms with Gasteiger partial charge in [0.05, 0.1) is 11.6 Å². The van der Waals surface area contributed by atoms with Gasteiger partial charge in [-0.15, -0.1) is 11.6 Å². The molecule has 138 valence electrons. The summed E-state index contributed by atoms with van der Waals surface area (Å²) in [7, 11) is 1.68. The average molecular weight is 507 g/mol. The Bertz CT molecular complexity index is 1090. The highest BCUT2D eigenvalue weighted by Crippen LogP contribution is 2.32. The summed E-state index contributed by atoms with van der Waals surface area (Å²) < 4.78 is 7.33. The summed E-state index contributed by atoms with van der Waals surface area (Å²) in [5.41, 5.74) is 2.49. The van der Waals surface area contributed by atoms with E-state index in [4.69, 9.17) is 16.3 Å². The maximum atomic E-state index is 5.94. The van der Waals surface area contributed by atoms with Crippen molar-refractivity contribution in [3.05, 3.63) is 86.8 Å². The van der Waals surface area contributed by atoms with Gasteiger partial charge in [0.25, 0.3) is 0 Å². The minimum Gasteiger partial charge on any atom is -0.496 e. The predicted molar refractivity (Wildman–Crippen MR) is 124 cm³/mol. The van der Waals surface area contributed by atoms with Crippen molar-refractivity contribution in [2.24, 2.45) is 0 Å². The van der Waals surface area contributed by atoms with Gasteiger partial charge in [0.15, 0.2) is 0 Å². The normalized spacial score (nSPS) is 10.6. The van der Waals surface area contributed by atoms with Crippen LogP contribution in [0.3, 0.4) is 0 Å². The van der Waals surface area contributed by atoms with Crippen LogP contribution in [0.4, 0.5) is 0 Å². The first-order valence-electron chi connectivity index (χ1n) is 8.50. The second-order valence-electron chi connectivity index (χ2n) is 6.16. The number of halogens is 3. The third-order valence-corrected chi connectivity index (χ3v) is 6.09. The van der Waals surface area contributed by atoms with Gasteiger partial charge in [0.1, 0.15) is 5.75 Å². The molecule has 0 amide bonds. The fraction of sp³-hybridized carbons (Fsp3) is 0.130. The molecule has 4 aromatic rings. The van der Waals surface area contributed by atoms with Crippen molar-refractivity contribution in [2.75, 3.05) is 7.11 Å². The van der Waals surface area contributed by atoms with Gasteiger partial charge >= 0.3 is 0 Å². The van der Waals surface area contributed by atoms with Crippen LogP contribution >= 0.6 is 43.5 Å². The molecular weight excluding hydrogens is 488 g/mol. The SMILES string of the molecule is COc1ccc2ccccc2c1Br.Cc1ccc2cc(Br)ccc2c1CCl. The van der Waals surface area contributed by atoms with E-state index in [1.165, 1.54) is 32.7 Å². The summed E-state index contributed by atoms with van der Waals surface area (Å²) in [4.78, 5) is 0. The number of aryl methyl sites for hydroxylation is 1. The van der Waals surface area contributed by atoms with Crippen LogP contribution in [-0.2, 0) is 5.88 Å². The number of fused-ring (bicyclic) bond motifs is 2. The van der Waals surface area contributed by atoms with Crippen LogP contribution in [0.15, 0.2) is 75.7 Å². The number of ether oxygens (including phenoxy) is 1. The maximum absolute atomic E-state index is 5.94. The molecule has 0 aliphatic carbocycles. The van der Waals surface area contributed by atoms with Crippen molar-refractivity contribution >= 4 is 65.0 Å². The molecule has 4 aromatic carbocycles. The van der Waals surface area contributed by atoms with Crippen molar-refractivity contribution < 1.29 is 4.74 Å². The standard InChI is InChI=1S/C12H10BrCl.C11H9BrO/c1-8-2-3-9-6-10(13)4-5-11(9)12(8)7-14;1-13-10-7-6-8-4-2-3-5-9(8)11(10)12/h2-6H,7H2,1H3;2-7H,1H3. The molecule has 0 aromatic heterocycles. The summed E-state index contributed by atoms with van der Waals surface area (Å²) in [5.74, 6) is 1.45. The Morgan fingerprint density at radius 2 is 1.59 bits per heavy atom. The molecule has 0 spiro atoms. The van der Waals surface area contributed by atoms with Crippen LogP contribution in [0.1, 0.15) is 11.1 Å². The molecule has 1 nitrogen and oxygen atoms in total. The number of benzene rings is 4. The van der Waals surface area contributed by atoms with E-state index in [2.05, 4.69) is 87.3 Å². The number of methoxy groups -OCH3 is 1. The smallest absolute Gasteiger partial charge is 0.133 e. The lowest BCUT2D eigenvalue weighted by atomic mass is 10.0. The summed E-state index contributed by atoms with van der Waals surface area (Å²) in [6, 6.07) is 22.8. The molecule has 0 atom stereocenters. The predicted octanol–water partition coefficient (Wildman–Crippen LogP) is 8.26. The van der Waals surface area contributed by atoms with Crippen molar-refractivity contribution in [2.45, 2.75) is 12.8 Å². The Morgan fingerprint density at radius 3 is 2.33 bits per heavy atom. The van der Waals surface area contributed by atoms with Gasteiger partial charge in [-0.25, -0.2) is 0 Å². The van der Waals surface area contributed by atoms with Crippen molar-refractivity contribution in [3.63, 3.8) is 0 Å². The molecule has 0 N–H and O–H groups in total. The minimum atomic E-state index is 0.574. The summed E-state index contributed by atoms with van der Waals surface area (Å²) in [6.45, 7) is 2.10. The van der Waals surface area contributed by atoms with Crippen LogP contribution in [0, 0.1) is 6.92 Å². The van der Waals surface area contributed by atoms with E-state index in [1.807, 2.05) is 18.2 Å². The first kappa shape index (κ1) is 20.2. The second kappa shape index (κ2) is 9.09. The maximum Gasteiger partial charge on any atom is 0.133 e. The number of alkyl halides is 1. The summed E-state index contributed by atoms with van der Waals surface area (Å²) in [6.07, 6.45) is 0. The van der Waals surface area contributed by atoms with Crippen molar-refractivity contribution in [1.29, 1.82) is 0 Å². The summed E-state index contributed by atoms with van der Waals surface area (Å²) in [5, 5.41) is 4.89. The highest BCUT2D eigenvalue weighted by molar-refractivity contribution is 9.11. The lowest BCUT2D eigenvalue weighted by Gasteiger charge is -2.07. The van der Waals surface area contributed by atoms with E-state index in [1.54, 1.807) is 7.11 Å². The fourth-order valence-electron chi connectivity index (χ4n) is 3.02. The van der Waals surface area contributed by atoms with Crippen LogP contribution in [-0.4, -0.2) is 7.11 Å². The van der Waals surface area contributed by atoms with Crippen LogP contribution in [0.5, 0.6) is 5.75 Å². The monoisotopic (exact) mass is 504 g/mol. The van der Waals surface area contributed by atoms with Crippen LogP contribution in [0.25, 0.3) is 21.5 Å². The van der Waals surface area contributed by atoms with E-state index >= 15 is 0 Å². The van der Waals surface area contributed by atoms with E-state index in [0.717, 1.165) is 14.7 Å². The topological polar surface area (TPSA) is 9.23 Å². The third kappa shape index (κ3) is 4.48. The molecular formula is C23H19Br2ClO. The van der Waals surface area contributed by atoms with Gasteiger partial charge in [0.2, 0.25) is 0 Å². The summed E-state index contributed by atoms with van der Waals surface area (Å²) >= 11 is 12.9. The molecule has 0 aliphatic rings. The third-order valence-electron chi connectivity index (χ3n) is 4.51. The van der Waals surface area contributed by atoms with Gasteiger partial charge < -0.3 is 4.74 Å². The zero-order valence-electron chi connectivity index (χ0n) is 15.1.